The van der Waals surface area contributed by atoms with Gasteiger partial charge in [0.25, 0.3) is 0 Å². The van der Waals surface area contributed by atoms with Crippen molar-refractivity contribution in [2.45, 2.75) is 51.4 Å². The van der Waals surface area contributed by atoms with Gasteiger partial charge in [-0.05, 0) is 43.0 Å². The highest BCUT2D eigenvalue weighted by Crippen LogP contribution is 2.39. The summed E-state index contributed by atoms with van der Waals surface area (Å²) in [6, 6.07) is 4.00. The SMILES string of the molecule is CC(C)CNCC1(c2cc(F)cc(F)c2)CCCCC1. The third-order valence-corrected chi connectivity index (χ3v) is 4.30. The second kappa shape index (κ2) is 6.66. The number of hydrogen-bond donors (Lipinski definition) is 1. The highest BCUT2D eigenvalue weighted by Gasteiger charge is 2.34. The summed E-state index contributed by atoms with van der Waals surface area (Å²) in [5.41, 5.74) is 0.724. The van der Waals surface area contributed by atoms with Gasteiger partial charge in [-0.1, -0.05) is 33.1 Å². The highest BCUT2D eigenvalue weighted by molar-refractivity contribution is 5.28. The van der Waals surface area contributed by atoms with Crippen LogP contribution >= 0.6 is 0 Å². The van der Waals surface area contributed by atoms with Crippen molar-refractivity contribution in [3.63, 3.8) is 0 Å². The van der Waals surface area contributed by atoms with Gasteiger partial charge >= 0.3 is 0 Å². The van der Waals surface area contributed by atoms with Gasteiger partial charge < -0.3 is 5.32 Å². The number of nitrogens with one attached hydrogen (secondary N) is 1. The monoisotopic (exact) mass is 281 g/mol. The van der Waals surface area contributed by atoms with Crippen molar-refractivity contribution in [1.29, 1.82) is 0 Å². The first-order valence-corrected chi connectivity index (χ1v) is 7.69. The van der Waals surface area contributed by atoms with Gasteiger partial charge in [-0.25, -0.2) is 8.78 Å². The molecule has 0 saturated heterocycles. The van der Waals surface area contributed by atoms with Crippen LogP contribution in [0.2, 0.25) is 0 Å². The molecule has 1 fully saturated rings. The minimum Gasteiger partial charge on any atom is -0.316 e. The summed E-state index contributed by atoms with van der Waals surface area (Å²) >= 11 is 0. The molecule has 0 aromatic heterocycles. The van der Waals surface area contributed by atoms with E-state index in [2.05, 4.69) is 19.2 Å². The Labute approximate surface area is 120 Å². The molecule has 0 aliphatic heterocycles. The number of hydrogen-bond acceptors (Lipinski definition) is 1. The molecule has 1 aliphatic rings. The van der Waals surface area contributed by atoms with E-state index < -0.39 is 11.6 Å². The molecule has 0 bridgehead atoms. The molecule has 0 heterocycles. The van der Waals surface area contributed by atoms with E-state index in [-0.39, 0.29) is 5.41 Å². The second-order valence-corrected chi connectivity index (χ2v) is 6.52. The number of benzene rings is 1. The summed E-state index contributed by atoms with van der Waals surface area (Å²) in [7, 11) is 0. The highest BCUT2D eigenvalue weighted by atomic mass is 19.1. The van der Waals surface area contributed by atoms with Gasteiger partial charge in [0.15, 0.2) is 0 Å². The molecule has 1 aliphatic carbocycles. The topological polar surface area (TPSA) is 12.0 Å². The van der Waals surface area contributed by atoms with Crippen molar-refractivity contribution in [3.8, 4) is 0 Å². The quantitative estimate of drug-likeness (QED) is 0.843. The first kappa shape index (κ1) is 15.4. The van der Waals surface area contributed by atoms with Crippen LogP contribution in [0.25, 0.3) is 0 Å². The van der Waals surface area contributed by atoms with Crippen LogP contribution in [0.1, 0.15) is 51.5 Å². The van der Waals surface area contributed by atoms with Crippen molar-refractivity contribution < 1.29 is 8.78 Å². The smallest absolute Gasteiger partial charge is 0.126 e. The largest absolute Gasteiger partial charge is 0.316 e. The number of rotatable bonds is 5. The van der Waals surface area contributed by atoms with E-state index in [9.17, 15) is 8.78 Å². The zero-order valence-corrected chi connectivity index (χ0v) is 12.5. The Hall–Kier alpha value is -0.960. The van der Waals surface area contributed by atoms with Crippen LogP contribution in [0.3, 0.4) is 0 Å². The minimum atomic E-state index is -0.464. The summed E-state index contributed by atoms with van der Waals surface area (Å²) in [5.74, 6) is -0.345. The molecule has 0 unspecified atom stereocenters. The average Bonchev–Trinajstić information content (AvgIpc) is 2.38. The van der Waals surface area contributed by atoms with E-state index in [0.29, 0.717) is 5.92 Å². The lowest BCUT2D eigenvalue weighted by molar-refractivity contribution is 0.275. The Morgan fingerprint density at radius 3 is 2.20 bits per heavy atom. The van der Waals surface area contributed by atoms with Crippen molar-refractivity contribution in [2.75, 3.05) is 13.1 Å². The Balaban J connectivity index is 2.21. The van der Waals surface area contributed by atoms with Gasteiger partial charge in [0, 0.05) is 18.0 Å². The van der Waals surface area contributed by atoms with E-state index >= 15 is 0 Å². The predicted octanol–water partition coefficient (Wildman–Crippen LogP) is 4.41. The first-order chi connectivity index (χ1) is 9.52. The maximum atomic E-state index is 13.5. The van der Waals surface area contributed by atoms with Crippen LogP contribution in [0.5, 0.6) is 0 Å². The van der Waals surface area contributed by atoms with Gasteiger partial charge in [-0.2, -0.15) is 0 Å². The molecule has 1 aromatic rings. The average molecular weight is 281 g/mol. The molecule has 1 nitrogen and oxygen atoms in total. The maximum Gasteiger partial charge on any atom is 0.126 e. The van der Waals surface area contributed by atoms with E-state index in [1.54, 1.807) is 0 Å². The lowest BCUT2D eigenvalue weighted by atomic mass is 9.69. The molecule has 2 rings (SSSR count). The Kier molecular flexibility index (Phi) is 5.14. The minimum absolute atomic E-state index is 0.101. The summed E-state index contributed by atoms with van der Waals surface area (Å²) in [5, 5.41) is 3.49. The predicted molar refractivity (Wildman–Crippen MR) is 78.8 cm³/mol. The molecule has 1 aromatic carbocycles. The molecule has 0 amide bonds. The summed E-state index contributed by atoms with van der Waals surface area (Å²) < 4.78 is 27.1. The molecule has 1 N–H and O–H groups in total. The lowest BCUT2D eigenvalue weighted by Crippen LogP contribution is -2.41. The lowest BCUT2D eigenvalue weighted by Gasteiger charge is -2.38. The molecule has 3 heteroatoms. The van der Waals surface area contributed by atoms with Crippen LogP contribution in [0.15, 0.2) is 18.2 Å². The standard InChI is InChI=1S/C17H25F2N/c1-13(2)11-20-12-17(6-4-3-5-7-17)14-8-15(18)10-16(19)9-14/h8-10,13,20H,3-7,11-12H2,1-2H3. The van der Waals surface area contributed by atoms with E-state index in [4.69, 9.17) is 0 Å². The van der Waals surface area contributed by atoms with Crippen LogP contribution in [0.4, 0.5) is 8.78 Å². The summed E-state index contributed by atoms with van der Waals surface area (Å²) in [4.78, 5) is 0. The van der Waals surface area contributed by atoms with Crippen LogP contribution in [0, 0.1) is 17.6 Å². The summed E-state index contributed by atoms with van der Waals surface area (Å²) in [6.45, 7) is 6.10. The van der Waals surface area contributed by atoms with Crippen LogP contribution in [-0.4, -0.2) is 13.1 Å². The Morgan fingerprint density at radius 1 is 1.05 bits per heavy atom. The third-order valence-electron chi connectivity index (χ3n) is 4.30. The van der Waals surface area contributed by atoms with Gasteiger partial charge in [-0.15, -0.1) is 0 Å². The fraction of sp³-hybridized carbons (Fsp3) is 0.647. The van der Waals surface area contributed by atoms with Gasteiger partial charge in [0.1, 0.15) is 11.6 Å². The fourth-order valence-electron chi connectivity index (χ4n) is 3.26. The molecular formula is C17H25F2N. The molecule has 20 heavy (non-hydrogen) atoms. The normalized spacial score (nSPS) is 18.4. The summed E-state index contributed by atoms with van der Waals surface area (Å²) in [6.07, 6.45) is 5.54. The molecule has 0 atom stereocenters. The fourth-order valence-corrected chi connectivity index (χ4v) is 3.26. The van der Waals surface area contributed by atoms with Gasteiger partial charge in [0.2, 0.25) is 0 Å². The molecule has 0 spiro atoms. The van der Waals surface area contributed by atoms with E-state index in [1.807, 2.05) is 0 Å². The first-order valence-electron chi connectivity index (χ1n) is 7.69. The van der Waals surface area contributed by atoms with Crippen LogP contribution in [-0.2, 0) is 5.41 Å². The Morgan fingerprint density at radius 2 is 1.65 bits per heavy atom. The van der Waals surface area contributed by atoms with Gasteiger partial charge in [-0.3, -0.25) is 0 Å². The van der Waals surface area contributed by atoms with Crippen molar-refractivity contribution in [2.24, 2.45) is 5.92 Å². The zero-order chi connectivity index (χ0) is 14.6. The molecular weight excluding hydrogens is 256 g/mol. The van der Waals surface area contributed by atoms with Gasteiger partial charge in [0.05, 0.1) is 0 Å². The van der Waals surface area contributed by atoms with E-state index in [1.165, 1.54) is 18.6 Å². The molecule has 0 radical (unpaired) electrons. The third kappa shape index (κ3) is 3.78. The van der Waals surface area contributed by atoms with Crippen molar-refractivity contribution in [1.82, 2.24) is 5.32 Å². The van der Waals surface area contributed by atoms with Crippen LogP contribution < -0.4 is 5.32 Å². The Bertz CT molecular complexity index is 416. The molecule has 1 saturated carbocycles. The molecule has 112 valence electrons. The van der Waals surface area contributed by atoms with Crippen molar-refractivity contribution >= 4 is 0 Å². The zero-order valence-electron chi connectivity index (χ0n) is 12.5. The van der Waals surface area contributed by atoms with E-state index in [0.717, 1.165) is 50.4 Å². The second-order valence-electron chi connectivity index (χ2n) is 6.52. The maximum absolute atomic E-state index is 13.5. The number of halogens is 2. The van der Waals surface area contributed by atoms with Crippen molar-refractivity contribution in [3.05, 3.63) is 35.4 Å².